The van der Waals surface area contributed by atoms with E-state index in [1.165, 1.54) is 58.1 Å². The molecule has 768 valence electrons. The highest BCUT2D eigenvalue weighted by molar-refractivity contribution is 6.12. The molecule has 10 aliphatic rings. The van der Waals surface area contributed by atoms with Crippen molar-refractivity contribution >= 4 is 101 Å². The van der Waals surface area contributed by atoms with Crippen LogP contribution >= 0.6 is 0 Å². The number of anilines is 5. The lowest BCUT2D eigenvalue weighted by Crippen LogP contribution is -2.59. The zero-order valence-electron chi connectivity index (χ0n) is 84.6. The minimum atomic E-state index is -1.06. The number of amides is 10. The lowest BCUT2D eigenvalue weighted by Gasteiger charge is -2.45. The van der Waals surface area contributed by atoms with Crippen molar-refractivity contribution in [3.05, 3.63) is 238 Å². The van der Waals surface area contributed by atoms with Crippen LogP contribution in [-0.2, 0) is 42.9 Å². The van der Waals surface area contributed by atoms with Gasteiger partial charge in [-0.05, 0) is 174 Å². The van der Waals surface area contributed by atoms with E-state index in [0.717, 1.165) is 47.5 Å². The Morgan fingerprint density at radius 3 is 0.857 bits per heavy atom. The van der Waals surface area contributed by atoms with Crippen LogP contribution in [0.25, 0.3) is 0 Å². The molecule has 0 radical (unpaired) electrons. The van der Waals surface area contributed by atoms with Gasteiger partial charge in [-0.15, -0.1) is 0 Å². The summed E-state index contributed by atoms with van der Waals surface area (Å²) in [5.41, 5.74) is 7.97. The van der Waals surface area contributed by atoms with E-state index in [9.17, 15) is 57.5 Å². The Labute approximate surface area is 849 Å². The van der Waals surface area contributed by atoms with Gasteiger partial charge in [0.1, 0.15) is 47.2 Å². The Balaban J connectivity index is 0.000000131. The number of pyridine rings is 5. The summed E-state index contributed by atoms with van der Waals surface area (Å²) < 4.78 is 21.0. The molecule has 10 amide bonds. The van der Waals surface area contributed by atoms with E-state index >= 15 is 0 Å². The van der Waals surface area contributed by atoms with E-state index in [0.29, 0.717) is 174 Å². The van der Waals surface area contributed by atoms with Crippen LogP contribution in [0, 0.1) is 40.5 Å². The van der Waals surface area contributed by atoms with Gasteiger partial charge in [0.25, 0.3) is 42.5 Å². The minimum absolute atomic E-state index is 0.0135. The highest BCUT2D eigenvalue weighted by Crippen LogP contribution is 2.44. The van der Waals surface area contributed by atoms with Crippen molar-refractivity contribution in [2.75, 3.05) is 157 Å². The molecule has 147 heavy (non-hydrogen) atoms. The number of rotatable bonds is 19. The Hall–Kier alpha value is -15.8. The first-order valence-corrected chi connectivity index (χ1v) is 48.6. The Bertz CT molecular complexity index is 5990. The zero-order valence-corrected chi connectivity index (χ0v) is 84.6. The number of piperazine rings is 4. The van der Waals surface area contributed by atoms with Gasteiger partial charge in [0.15, 0.2) is 28.5 Å². The maximum Gasteiger partial charge on any atom is 0.412 e. The Kier molecular flexibility index (Phi) is 31.8. The van der Waals surface area contributed by atoms with Crippen LogP contribution < -0.4 is 24.5 Å². The molecule has 5 atom stereocenters. The third-order valence-electron chi connectivity index (χ3n) is 28.0. The molecule has 0 saturated carbocycles. The molecule has 20 rings (SSSR count). The zero-order chi connectivity index (χ0) is 104. The summed E-state index contributed by atoms with van der Waals surface area (Å²) in [5, 5.41) is 0. The second-order valence-electron chi connectivity index (χ2n) is 39.4. The van der Waals surface area contributed by atoms with E-state index in [-0.39, 0.29) is 107 Å². The number of likely N-dealkylation sites (tertiary alicyclic amines) is 1. The number of aromatic nitrogens is 15. The number of piperidine rings is 1. The highest BCUT2D eigenvalue weighted by Gasteiger charge is 2.51. The SMILES string of the molecule is Cc1ccc(N2C(=O)c3nccnc3C2CC(=O)N2CCN(C)C(C)(C)C2)nc1.Cc1ccc(N2C(=O)c3nccnc3C2OC(=O)N2CCC(COC=O)CC2)nc1.Cc1ccc(N2C(=O)c3nccnc3C2OC(=O)N2CCN(COC=O)CC2)nc1.Cc1ccc(N2C(=O)c3nccnc3[C@@H]2CC(=O)N2CCN(C)C(C)(C)C2)nc1.Cc1ccc(N2C(=O)c3nccnc3[C@H]2CC(=O)N2CCN(C)C(C)(C)C2)nc1. The highest BCUT2D eigenvalue weighted by atomic mass is 16.6. The van der Waals surface area contributed by atoms with Crippen molar-refractivity contribution in [2.45, 2.75) is 155 Å². The molecule has 5 saturated heterocycles. The number of nitrogens with zero attached hydrogens (tertiary/aromatic N) is 29. The molecule has 10 aromatic rings. The molecule has 0 aromatic carbocycles. The third-order valence-corrected chi connectivity index (χ3v) is 28.0. The number of ether oxygens (including phenoxy) is 4. The second-order valence-corrected chi connectivity index (χ2v) is 39.4. The van der Waals surface area contributed by atoms with Crippen molar-refractivity contribution in [2.24, 2.45) is 5.92 Å². The average molecular weight is 2010 g/mol. The first-order chi connectivity index (χ1) is 70.5. The van der Waals surface area contributed by atoms with E-state index < -0.39 is 54.6 Å². The predicted molar refractivity (Wildman–Crippen MR) is 531 cm³/mol. The van der Waals surface area contributed by atoms with Crippen LogP contribution in [0.3, 0.4) is 0 Å². The quantitative estimate of drug-likeness (QED) is 0.0545. The lowest BCUT2D eigenvalue weighted by molar-refractivity contribution is -0.136. The van der Waals surface area contributed by atoms with Crippen molar-refractivity contribution < 1.29 is 76.5 Å². The third kappa shape index (κ3) is 23.0. The normalized spacial score (nSPS) is 20.3. The number of hydrogen-bond donors (Lipinski definition) is 0. The summed E-state index contributed by atoms with van der Waals surface area (Å²) in [4.78, 5) is 240. The van der Waals surface area contributed by atoms with Gasteiger partial charge in [-0.3, -0.25) is 107 Å². The van der Waals surface area contributed by atoms with Crippen molar-refractivity contribution in [3.63, 3.8) is 0 Å². The van der Waals surface area contributed by atoms with Crippen LogP contribution in [0.5, 0.6) is 0 Å². The van der Waals surface area contributed by atoms with Gasteiger partial charge in [-0.2, -0.15) is 0 Å². The fourth-order valence-electron chi connectivity index (χ4n) is 18.7. The molecule has 5 fully saturated rings. The van der Waals surface area contributed by atoms with Crippen molar-refractivity contribution in [1.82, 2.24) is 119 Å². The number of carbonyl (C=O) groups excluding carboxylic acids is 12. The molecular formula is C102H119N29O16. The average Bonchev–Trinajstić information content (AvgIpc) is 1.63. The molecule has 0 spiro atoms. The molecule has 0 bridgehead atoms. The predicted octanol–water partition coefficient (Wildman–Crippen LogP) is 8.06. The molecular weight excluding hydrogens is 1890 g/mol. The number of likely N-dealkylation sites (N-methyl/N-ethyl adjacent to an activating group) is 3. The summed E-state index contributed by atoms with van der Waals surface area (Å²) in [6.45, 7) is 33.0. The summed E-state index contributed by atoms with van der Waals surface area (Å²) >= 11 is 0. The monoisotopic (exact) mass is 2010 g/mol. The van der Waals surface area contributed by atoms with Crippen LogP contribution in [0.4, 0.5) is 38.7 Å². The van der Waals surface area contributed by atoms with Gasteiger partial charge in [-0.1, -0.05) is 30.3 Å². The van der Waals surface area contributed by atoms with Crippen molar-refractivity contribution in [1.29, 1.82) is 0 Å². The van der Waals surface area contributed by atoms with Crippen molar-refractivity contribution in [3.8, 4) is 0 Å². The van der Waals surface area contributed by atoms with Gasteiger partial charge in [0.2, 0.25) is 30.2 Å². The smallest absolute Gasteiger partial charge is 0.412 e. The first-order valence-electron chi connectivity index (χ1n) is 48.6. The first kappa shape index (κ1) is 104. The van der Waals surface area contributed by atoms with Crippen LogP contribution in [0.1, 0.15) is 213 Å². The standard InChI is InChI=1S/3C21H26N6O2.C20H21N5O5.C19H20N6O5/c3*1-14-5-6-16(24-12-14)27-15(18-19(20(27)29)23-8-7-22-18)11-17(28)26-10-9-25(4)21(2,3)13-26;1-13-2-3-15(23-10-13)25-18(27)16-17(22-7-6-21-16)19(25)30-20(28)24-8-4-14(5-9-24)11-29-12-26;1-13-2-3-14(22-10-13)25-17(27)15-16(21-5-4-20-15)18(25)30-19(28)24-8-6-23(7-9-24)11-29-12-26/h3*5-8,12,15H,9-11,13H2,1-4H3;2-3,6-7,10,12,14,19H,4-5,8-9,11H2,1H3;2-5,10,12,18H,6-9,11H2,1H3/t2*15-;;;/m10.../s1. The summed E-state index contributed by atoms with van der Waals surface area (Å²) in [6, 6.07) is 16.6. The molecule has 0 N–H and O–H groups in total. The van der Waals surface area contributed by atoms with Crippen LogP contribution in [0.2, 0.25) is 0 Å². The Morgan fingerprint density at radius 1 is 0.320 bits per heavy atom. The van der Waals surface area contributed by atoms with E-state index in [1.807, 2.05) is 84.6 Å². The number of hydrogen-bond acceptors (Lipinski definition) is 35. The van der Waals surface area contributed by atoms with E-state index in [4.69, 9.17) is 18.9 Å². The van der Waals surface area contributed by atoms with Gasteiger partial charge in [0.05, 0.1) is 61.1 Å². The number of carbonyl (C=O) groups is 12. The van der Waals surface area contributed by atoms with Gasteiger partial charge < -0.3 is 43.4 Å². The number of aryl methyl sites for hydroxylation is 5. The minimum Gasteiger partial charge on any atom is -0.468 e. The van der Waals surface area contributed by atoms with Crippen LogP contribution in [-0.4, -0.2) is 341 Å². The largest absolute Gasteiger partial charge is 0.468 e. The maximum atomic E-state index is 13.2. The van der Waals surface area contributed by atoms with Crippen LogP contribution in [0.15, 0.2) is 154 Å². The summed E-state index contributed by atoms with van der Waals surface area (Å²) in [5.74, 6) is 0.853. The summed E-state index contributed by atoms with van der Waals surface area (Å²) in [7, 11) is 6.23. The maximum absolute atomic E-state index is 13.2. The molecule has 45 heteroatoms. The van der Waals surface area contributed by atoms with E-state index in [1.54, 1.807) is 99.5 Å². The molecule has 10 aliphatic heterocycles. The molecule has 0 aliphatic carbocycles. The molecule has 45 nitrogen and oxygen atoms in total. The summed E-state index contributed by atoms with van der Waals surface area (Å²) in [6.07, 6.45) is 22.0. The van der Waals surface area contributed by atoms with Gasteiger partial charge in [-0.25, -0.2) is 69.2 Å². The molecule has 10 aromatic heterocycles. The second kappa shape index (κ2) is 44.8. The van der Waals surface area contributed by atoms with Gasteiger partial charge >= 0.3 is 12.2 Å². The fourth-order valence-corrected chi connectivity index (χ4v) is 18.7. The fraction of sp³-hybridized carbons (Fsp3) is 0.441. The number of fused-ring (bicyclic) bond motifs is 5. The molecule has 3 unspecified atom stereocenters. The topological polar surface area (TPSA) is 480 Å². The molecule has 20 heterocycles. The van der Waals surface area contributed by atoms with Gasteiger partial charge in [0, 0.05) is 208 Å². The van der Waals surface area contributed by atoms with E-state index in [2.05, 4.69) is 152 Å². The Morgan fingerprint density at radius 2 is 0.578 bits per heavy atom. The lowest BCUT2D eigenvalue weighted by atomic mass is 9.98.